The molecule has 0 bridgehead atoms. The lowest BCUT2D eigenvalue weighted by Gasteiger charge is -2.28. The Morgan fingerprint density at radius 1 is 1.00 bits per heavy atom. The molecule has 0 aliphatic carbocycles. The largest absolute Gasteiger partial charge is 0.383 e. The molecule has 0 aromatic carbocycles. The van der Waals surface area contributed by atoms with E-state index in [9.17, 15) is 8.78 Å². The number of alkyl halides is 2. The van der Waals surface area contributed by atoms with Gasteiger partial charge in [-0.15, -0.1) is 0 Å². The topological polar surface area (TPSA) is 24.9 Å². The van der Waals surface area contributed by atoms with Crippen LogP contribution in [0.1, 0.15) is 0 Å². The molecule has 6 heteroatoms. The van der Waals surface area contributed by atoms with Crippen molar-refractivity contribution < 1.29 is 18.3 Å². The summed E-state index contributed by atoms with van der Waals surface area (Å²) in [7, 11) is 3.02. The Hall–Kier alpha value is -0.300. The van der Waals surface area contributed by atoms with E-state index in [1.54, 1.807) is 0 Å². The Kier molecular flexibility index (Phi) is 4.85. The lowest BCUT2D eigenvalue weighted by molar-refractivity contribution is -0.214. The average molecular weight is 224 g/mol. The highest BCUT2D eigenvalue weighted by Gasteiger charge is 2.47. The van der Waals surface area contributed by atoms with Gasteiger partial charge in [0.15, 0.2) is 0 Å². The first-order valence-corrected chi connectivity index (χ1v) is 4.98. The number of halogens is 2. The second kappa shape index (κ2) is 5.69. The highest BCUT2D eigenvalue weighted by molar-refractivity contribution is 4.80. The molecule has 0 aromatic rings. The van der Waals surface area contributed by atoms with Crippen molar-refractivity contribution in [3.05, 3.63) is 0 Å². The molecule has 90 valence electrons. The van der Waals surface area contributed by atoms with E-state index in [1.807, 2.05) is 0 Å². The Balaban J connectivity index is 2.43. The summed E-state index contributed by atoms with van der Waals surface area (Å²) < 4.78 is 36.9. The van der Waals surface area contributed by atoms with Crippen LogP contribution in [-0.2, 0) is 9.47 Å². The van der Waals surface area contributed by atoms with Crippen LogP contribution in [0.5, 0.6) is 0 Å². The highest BCUT2D eigenvalue weighted by Crippen LogP contribution is 2.29. The van der Waals surface area contributed by atoms with E-state index < -0.39 is 6.17 Å². The minimum absolute atomic E-state index is 0.257. The maximum atomic E-state index is 13.7. The second-order valence-electron chi connectivity index (χ2n) is 3.47. The van der Waals surface area contributed by atoms with Gasteiger partial charge in [-0.25, -0.2) is 9.80 Å². The summed E-state index contributed by atoms with van der Waals surface area (Å²) in [5.74, 6) is 0. The van der Waals surface area contributed by atoms with E-state index in [4.69, 9.17) is 9.47 Å². The normalized spacial score (nSPS) is 22.4. The Morgan fingerprint density at radius 2 is 1.40 bits per heavy atom. The van der Waals surface area contributed by atoms with Crippen molar-refractivity contribution in [1.82, 2.24) is 9.80 Å². The van der Waals surface area contributed by atoms with Crippen molar-refractivity contribution in [3.8, 4) is 0 Å². The maximum Gasteiger partial charge on any atom is 0.369 e. The molecular weight excluding hydrogens is 206 g/mol. The Bertz CT molecular complexity index is 175. The van der Waals surface area contributed by atoms with Gasteiger partial charge in [0.1, 0.15) is 0 Å². The van der Waals surface area contributed by atoms with Crippen LogP contribution in [-0.4, -0.2) is 69.6 Å². The van der Waals surface area contributed by atoms with E-state index in [-0.39, 0.29) is 13.1 Å². The third-order valence-corrected chi connectivity index (χ3v) is 2.53. The fourth-order valence-corrected chi connectivity index (χ4v) is 1.61. The van der Waals surface area contributed by atoms with Crippen LogP contribution in [0.15, 0.2) is 0 Å². The van der Waals surface area contributed by atoms with Crippen LogP contribution < -0.4 is 0 Å². The number of rotatable bonds is 6. The van der Waals surface area contributed by atoms with Gasteiger partial charge in [-0.3, -0.25) is 0 Å². The Labute approximate surface area is 88.7 Å². The molecule has 0 amide bonds. The smallest absolute Gasteiger partial charge is 0.369 e. The number of hydrogen-bond donors (Lipinski definition) is 0. The molecule has 15 heavy (non-hydrogen) atoms. The van der Waals surface area contributed by atoms with Crippen molar-refractivity contribution in [2.45, 2.75) is 6.17 Å². The highest BCUT2D eigenvalue weighted by atomic mass is 19.3. The van der Waals surface area contributed by atoms with Gasteiger partial charge in [-0.1, -0.05) is 0 Å². The van der Waals surface area contributed by atoms with E-state index in [0.29, 0.717) is 26.3 Å². The van der Waals surface area contributed by atoms with Gasteiger partial charge in [0.25, 0.3) is 0 Å². The standard InChI is InChI=1S/C9H18F2N2O2/c1-14-7-5-12-3-4-13(6-8-15-2)9(12,10)11/h3-8H2,1-2H3. The molecule has 1 aliphatic heterocycles. The van der Waals surface area contributed by atoms with E-state index in [0.717, 1.165) is 9.80 Å². The van der Waals surface area contributed by atoms with Crippen molar-refractivity contribution in [3.63, 3.8) is 0 Å². The van der Waals surface area contributed by atoms with Crippen molar-refractivity contribution in [2.24, 2.45) is 0 Å². The first-order valence-electron chi connectivity index (χ1n) is 4.98. The number of methoxy groups -OCH3 is 2. The lowest BCUT2D eigenvalue weighted by Crippen LogP contribution is -2.47. The zero-order chi connectivity index (χ0) is 11.3. The summed E-state index contributed by atoms with van der Waals surface area (Å²) in [5.41, 5.74) is 0. The summed E-state index contributed by atoms with van der Waals surface area (Å²) in [6.45, 7) is 1.92. The predicted molar refractivity (Wildman–Crippen MR) is 51.8 cm³/mol. The molecule has 1 saturated heterocycles. The quantitative estimate of drug-likeness (QED) is 0.611. The van der Waals surface area contributed by atoms with Gasteiger partial charge in [0.2, 0.25) is 0 Å². The number of nitrogens with zero attached hydrogens (tertiary/aromatic N) is 2. The van der Waals surface area contributed by atoms with Crippen LogP contribution in [0, 0.1) is 0 Å². The van der Waals surface area contributed by atoms with Gasteiger partial charge < -0.3 is 9.47 Å². The molecule has 0 saturated carbocycles. The molecule has 0 N–H and O–H groups in total. The van der Waals surface area contributed by atoms with Crippen LogP contribution in [0.25, 0.3) is 0 Å². The Morgan fingerprint density at radius 3 is 1.73 bits per heavy atom. The third kappa shape index (κ3) is 3.07. The van der Waals surface area contributed by atoms with Crippen LogP contribution >= 0.6 is 0 Å². The van der Waals surface area contributed by atoms with Gasteiger partial charge in [0.05, 0.1) is 13.2 Å². The fraction of sp³-hybridized carbons (Fsp3) is 1.00. The van der Waals surface area contributed by atoms with Crippen LogP contribution in [0.2, 0.25) is 0 Å². The molecule has 4 nitrogen and oxygen atoms in total. The van der Waals surface area contributed by atoms with E-state index in [2.05, 4.69) is 0 Å². The predicted octanol–water partition coefficient (Wildman–Crippen LogP) is 0.447. The summed E-state index contributed by atoms with van der Waals surface area (Å²) in [6, 6.07) is 0. The summed E-state index contributed by atoms with van der Waals surface area (Å²) in [6.07, 6.45) is -2.86. The fourth-order valence-electron chi connectivity index (χ4n) is 1.61. The maximum absolute atomic E-state index is 13.7. The molecule has 1 fully saturated rings. The van der Waals surface area contributed by atoms with Gasteiger partial charge >= 0.3 is 6.17 Å². The molecule has 0 aromatic heterocycles. The zero-order valence-corrected chi connectivity index (χ0v) is 9.21. The third-order valence-electron chi connectivity index (χ3n) is 2.53. The zero-order valence-electron chi connectivity index (χ0n) is 9.21. The summed E-state index contributed by atoms with van der Waals surface area (Å²) >= 11 is 0. The van der Waals surface area contributed by atoms with Gasteiger partial charge in [0, 0.05) is 40.4 Å². The summed E-state index contributed by atoms with van der Waals surface area (Å²) in [5, 5.41) is 0. The average Bonchev–Trinajstić information content (AvgIpc) is 2.48. The molecule has 1 aliphatic rings. The molecule has 1 rings (SSSR count). The van der Waals surface area contributed by atoms with Crippen molar-refractivity contribution in [2.75, 3.05) is 53.6 Å². The summed E-state index contributed by atoms with van der Waals surface area (Å²) in [4.78, 5) is 2.26. The SMILES string of the molecule is COCCN1CCN(CCOC)C1(F)F. The molecule has 0 spiro atoms. The molecule has 1 heterocycles. The minimum atomic E-state index is -2.86. The lowest BCUT2D eigenvalue weighted by atomic mass is 10.5. The van der Waals surface area contributed by atoms with Gasteiger partial charge in [-0.05, 0) is 0 Å². The first kappa shape index (κ1) is 12.8. The molecule has 0 radical (unpaired) electrons. The van der Waals surface area contributed by atoms with Crippen LogP contribution in [0.3, 0.4) is 0 Å². The minimum Gasteiger partial charge on any atom is -0.383 e. The van der Waals surface area contributed by atoms with Gasteiger partial charge in [-0.2, -0.15) is 8.78 Å². The number of hydrogen-bond acceptors (Lipinski definition) is 4. The van der Waals surface area contributed by atoms with Crippen molar-refractivity contribution >= 4 is 0 Å². The molecular formula is C9H18F2N2O2. The first-order chi connectivity index (χ1) is 7.12. The molecule has 0 atom stereocenters. The monoisotopic (exact) mass is 224 g/mol. The molecule has 0 unspecified atom stereocenters. The van der Waals surface area contributed by atoms with Crippen LogP contribution in [0.4, 0.5) is 8.78 Å². The van der Waals surface area contributed by atoms with E-state index >= 15 is 0 Å². The number of ether oxygens (including phenoxy) is 2. The van der Waals surface area contributed by atoms with Crippen molar-refractivity contribution in [1.29, 1.82) is 0 Å². The van der Waals surface area contributed by atoms with E-state index in [1.165, 1.54) is 14.2 Å². The second-order valence-corrected chi connectivity index (χ2v) is 3.47.